The van der Waals surface area contributed by atoms with Gasteiger partial charge in [0.1, 0.15) is 18.0 Å². The monoisotopic (exact) mass is 349 g/mol. The van der Waals surface area contributed by atoms with E-state index in [2.05, 4.69) is 37.6 Å². The molecule has 0 spiro atoms. The van der Waals surface area contributed by atoms with Gasteiger partial charge in [0, 0.05) is 31.5 Å². The normalized spacial score (nSPS) is 10.2. The third-order valence-corrected chi connectivity index (χ3v) is 3.52. The molecule has 0 bridgehead atoms. The summed E-state index contributed by atoms with van der Waals surface area (Å²) in [5, 5.41) is 13.2. The third kappa shape index (κ3) is 4.67. The molecule has 0 saturated carbocycles. The second-order valence-electron chi connectivity index (χ2n) is 5.56. The second kappa shape index (κ2) is 7.93. The van der Waals surface area contributed by atoms with Gasteiger partial charge in [0.25, 0.3) is 0 Å². The highest BCUT2D eigenvalue weighted by Crippen LogP contribution is 2.16. The standard InChI is InChI=1S/C18H19N7O/c1-3-18(26)24-14-6-4-13(5-7-14)9-19-16-8-17(21-12-20-16)23-15-10-22-25(2)11-15/h3-8,10-12H,1,9H2,2H3,(H,24,26)(H2,19,20,21,23). The predicted molar refractivity (Wildman–Crippen MR) is 101 cm³/mol. The lowest BCUT2D eigenvalue weighted by Gasteiger charge is -2.08. The number of rotatable bonds is 7. The molecular formula is C18H19N7O. The molecule has 0 aliphatic rings. The maximum atomic E-state index is 11.3. The lowest BCUT2D eigenvalue weighted by molar-refractivity contribution is -0.111. The minimum absolute atomic E-state index is 0.231. The van der Waals surface area contributed by atoms with Crippen LogP contribution >= 0.6 is 0 Å². The summed E-state index contributed by atoms with van der Waals surface area (Å²) >= 11 is 0. The van der Waals surface area contributed by atoms with Gasteiger partial charge >= 0.3 is 0 Å². The molecule has 0 radical (unpaired) electrons. The van der Waals surface area contributed by atoms with Crippen molar-refractivity contribution < 1.29 is 4.79 Å². The molecule has 132 valence electrons. The molecule has 0 saturated heterocycles. The van der Waals surface area contributed by atoms with Crippen LogP contribution in [-0.4, -0.2) is 25.7 Å². The second-order valence-corrected chi connectivity index (χ2v) is 5.56. The maximum absolute atomic E-state index is 11.3. The van der Waals surface area contributed by atoms with Crippen LogP contribution in [0.3, 0.4) is 0 Å². The van der Waals surface area contributed by atoms with E-state index in [1.807, 2.05) is 43.6 Å². The van der Waals surface area contributed by atoms with Crippen molar-refractivity contribution in [2.75, 3.05) is 16.0 Å². The van der Waals surface area contributed by atoms with Crippen molar-refractivity contribution in [3.8, 4) is 0 Å². The van der Waals surface area contributed by atoms with Crippen molar-refractivity contribution in [3.05, 3.63) is 67.3 Å². The van der Waals surface area contributed by atoms with Gasteiger partial charge in [-0.05, 0) is 23.8 Å². The van der Waals surface area contributed by atoms with E-state index in [1.165, 1.54) is 12.4 Å². The predicted octanol–water partition coefficient (Wildman–Crippen LogP) is 2.69. The number of amides is 1. The van der Waals surface area contributed by atoms with Gasteiger partial charge in [-0.1, -0.05) is 18.7 Å². The summed E-state index contributed by atoms with van der Waals surface area (Å²) in [7, 11) is 1.85. The summed E-state index contributed by atoms with van der Waals surface area (Å²) in [5.41, 5.74) is 2.64. The summed E-state index contributed by atoms with van der Waals surface area (Å²) in [6.45, 7) is 4.02. The van der Waals surface area contributed by atoms with Crippen LogP contribution in [0.15, 0.2) is 61.7 Å². The Bertz CT molecular complexity index is 902. The zero-order valence-electron chi connectivity index (χ0n) is 14.3. The van der Waals surface area contributed by atoms with Crippen molar-refractivity contribution in [2.24, 2.45) is 7.05 Å². The summed E-state index contributed by atoms with van der Waals surface area (Å²) < 4.78 is 1.71. The smallest absolute Gasteiger partial charge is 0.247 e. The first kappa shape index (κ1) is 17.2. The number of anilines is 4. The molecule has 1 aromatic carbocycles. The van der Waals surface area contributed by atoms with Gasteiger partial charge in [-0.25, -0.2) is 9.97 Å². The number of benzene rings is 1. The summed E-state index contributed by atoms with van der Waals surface area (Å²) in [5.74, 6) is 1.15. The Morgan fingerprint density at radius 1 is 1.19 bits per heavy atom. The molecule has 26 heavy (non-hydrogen) atoms. The molecule has 3 N–H and O–H groups in total. The van der Waals surface area contributed by atoms with Crippen LogP contribution < -0.4 is 16.0 Å². The van der Waals surface area contributed by atoms with Crippen LogP contribution in [0.5, 0.6) is 0 Å². The van der Waals surface area contributed by atoms with Crippen molar-refractivity contribution >= 4 is 28.9 Å². The lowest BCUT2D eigenvalue weighted by Crippen LogP contribution is -2.07. The largest absolute Gasteiger partial charge is 0.366 e. The number of nitrogens with zero attached hydrogens (tertiary/aromatic N) is 4. The van der Waals surface area contributed by atoms with Crippen molar-refractivity contribution in [3.63, 3.8) is 0 Å². The molecule has 0 fully saturated rings. The van der Waals surface area contributed by atoms with E-state index in [-0.39, 0.29) is 5.91 Å². The Kier molecular flexibility index (Phi) is 5.23. The summed E-state index contributed by atoms with van der Waals surface area (Å²) in [6, 6.07) is 9.37. The van der Waals surface area contributed by atoms with Gasteiger partial charge in [-0.3, -0.25) is 9.48 Å². The Hall–Kier alpha value is -3.68. The molecule has 3 rings (SSSR count). The maximum Gasteiger partial charge on any atom is 0.247 e. The number of carbonyl (C=O) groups excluding carboxylic acids is 1. The molecule has 2 heterocycles. The summed E-state index contributed by atoms with van der Waals surface area (Å²) in [4.78, 5) is 19.7. The fourth-order valence-electron chi connectivity index (χ4n) is 2.25. The fourth-order valence-corrected chi connectivity index (χ4v) is 2.25. The molecule has 8 nitrogen and oxygen atoms in total. The molecule has 0 atom stereocenters. The van der Waals surface area contributed by atoms with Crippen LogP contribution in [0.25, 0.3) is 0 Å². The topological polar surface area (TPSA) is 96.8 Å². The number of carbonyl (C=O) groups is 1. The minimum Gasteiger partial charge on any atom is -0.366 e. The number of hydrogen-bond donors (Lipinski definition) is 3. The van der Waals surface area contributed by atoms with E-state index < -0.39 is 0 Å². The van der Waals surface area contributed by atoms with E-state index in [0.717, 1.165) is 16.9 Å². The number of nitrogens with one attached hydrogen (secondary N) is 3. The molecule has 0 aliphatic carbocycles. The van der Waals surface area contributed by atoms with Crippen LogP contribution in [-0.2, 0) is 18.4 Å². The van der Waals surface area contributed by atoms with Crippen LogP contribution in [0.1, 0.15) is 5.56 Å². The summed E-state index contributed by atoms with van der Waals surface area (Å²) in [6.07, 6.45) is 6.32. The Labute approximate surface area is 151 Å². The Morgan fingerprint density at radius 3 is 2.65 bits per heavy atom. The number of aryl methyl sites for hydroxylation is 1. The van der Waals surface area contributed by atoms with Crippen LogP contribution in [0.4, 0.5) is 23.0 Å². The van der Waals surface area contributed by atoms with Gasteiger partial charge in [0.2, 0.25) is 5.91 Å². The fraction of sp³-hybridized carbons (Fsp3) is 0.111. The van der Waals surface area contributed by atoms with Crippen molar-refractivity contribution in [1.82, 2.24) is 19.7 Å². The SMILES string of the molecule is C=CC(=O)Nc1ccc(CNc2cc(Nc3cnn(C)c3)ncn2)cc1. The van der Waals surface area contributed by atoms with Crippen molar-refractivity contribution in [1.29, 1.82) is 0 Å². The van der Waals surface area contributed by atoms with E-state index >= 15 is 0 Å². The molecule has 0 unspecified atom stereocenters. The average Bonchev–Trinajstić information content (AvgIpc) is 3.06. The van der Waals surface area contributed by atoms with E-state index in [1.54, 1.807) is 10.9 Å². The van der Waals surface area contributed by atoms with E-state index in [0.29, 0.717) is 18.2 Å². The van der Waals surface area contributed by atoms with E-state index in [9.17, 15) is 4.79 Å². The third-order valence-electron chi connectivity index (χ3n) is 3.52. The highest BCUT2D eigenvalue weighted by atomic mass is 16.1. The molecule has 1 amide bonds. The number of aromatic nitrogens is 4. The van der Waals surface area contributed by atoms with Gasteiger partial charge in [0.05, 0.1) is 11.9 Å². The first-order valence-electron chi connectivity index (χ1n) is 7.96. The van der Waals surface area contributed by atoms with Gasteiger partial charge in [-0.2, -0.15) is 5.10 Å². The first-order valence-corrected chi connectivity index (χ1v) is 7.96. The molecule has 2 aromatic heterocycles. The first-order chi connectivity index (χ1) is 12.6. The van der Waals surface area contributed by atoms with Crippen LogP contribution in [0.2, 0.25) is 0 Å². The molecule has 0 aliphatic heterocycles. The van der Waals surface area contributed by atoms with Gasteiger partial charge in [-0.15, -0.1) is 0 Å². The van der Waals surface area contributed by atoms with E-state index in [4.69, 9.17) is 0 Å². The highest BCUT2D eigenvalue weighted by molar-refractivity contribution is 5.98. The minimum atomic E-state index is -0.231. The van der Waals surface area contributed by atoms with Crippen molar-refractivity contribution in [2.45, 2.75) is 6.54 Å². The zero-order valence-corrected chi connectivity index (χ0v) is 14.3. The molecule has 3 aromatic rings. The lowest BCUT2D eigenvalue weighted by atomic mass is 10.2. The average molecular weight is 349 g/mol. The Morgan fingerprint density at radius 2 is 1.96 bits per heavy atom. The van der Waals surface area contributed by atoms with Gasteiger partial charge in [0.15, 0.2) is 0 Å². The quantitative estimate of drug-likeness (QED) is 0.568. The Balaban J connectivity index is 1.58. The molecule has 8 heteroatoms. The van der Waals surface area contributed by atoms with Gasteiger partial charge < -0.3 is 16.0 Å². The van der Waals surface area contributed by atoms with Crippen LogP contribution in [0, 0.1) is 0 Å². The molecular weight excluding hydrogens is 330 g/mol. The number of hydrogen-bond acceptors (Lipinski definition) is 6. The zero-order chi connectivity index (χ0) is 18.4. The highest BCUT2D eigenvalue weighted by Gasteiger charge is 2.02.